The molecule has 0 aliphatic carbocycles. The number of unbranched alkanes of at least 4 members (excludes halogenated alkanes) is 1. The summed E-state index contributed by atoms with van der Waals surface area (Å²) in [4.78, 5) is 35.3. The topological polar surface area (TPSA) is 104 Å². The second-order valence-corrected chi connectivity index (χ2v) is 5.59. The Morgan fingerprint density at radius 3 is 2.62 bits per heavy atom. The zero-order chi connectivity index (χ0) is 17.5. The van der Waals surface area contributed by atoms with Crippen molar-refractivity contribution in [1.82, 2.24) is 15.1 Å². The zero-order valence-corrected chi connectivity index (χ0v) is 13.5. The number of amides is 1. The highest BCUT2D eigenvalue weighted by atomic mass is 16.4. The molecule has 1 aromatic heterocycles. The lowest BCUT2D eigenvalue weighted by atomic mass is 10.1. The number of benzene rings is 1. The van der Waals surface area contributed by atoms with Gasteiger partial charge < -0.3 is 10.4 Å². The van der Waals surface area contributed by atoms with Gasteiger partial charge in [0.15, 0.2) is 0 Å². The van der Waals surface area contributed by atoms with Crippen LogP contribution in [0.2, 0.25) is 0 Å². The van der Waals surface area contributed by atoms with Crippen LogP contribution in [0.4, 0.5) is 0 Å². The largest absolute Gasteiger partial charge is 0.481 e. The van der Waals surface area contributed by atoms with E-state index in [1.807, 2.05) is 13.0 Å². The number of aromatic nitrogens is 2. The van der Waals surface area contributed by atoms with E-state index >= 15 is 0 Å². The minimum Gasteiger partial charge on any atom is -0.481 e. The highest BCUT2D eigenvalue weighted by Crippen LogP contribution is 2.07. The molecule has 0 saturated heterocycles. The van der Waals surface area contributed by atoms with E-state index in [9.17, 15) is 14.4 Å². The van der Waals surface area contributed by atoms with Crippen molar-refractivity contribution in [3.63, 3.8) is 0 Å². The van der Waals surface area contributed by atoms with Crippen molar-refractivity contribution in [2.45, 2.75) is 38.6 Å². The Bertz CT molecular complexity index is 749. The van der Waals surface area contributed by atoms with Crippen LogP contribution in [-0.2, 0) is 4.79 Å². The number of hydrogen-bond acceptors (Lipinski definition) is 3. The minimum absolute atomic E-state index is 0.107. The molecule has 2 aromatic rings. The summed E-state index contributed by atoms with van der Waals surface area (Å²) in [6.07, 6.45) is 2.17. The molecule has 1 atom stereocenters. The molecule has 1 heterocycles. The molecule has 1 unspecified atom stereocenters. The van der Waals surface area contributed by atoms with Crippen molar-refractivity contribution < 1.29 is 14.7 Å². The molecule has 0 bridgehead atoms. The lowest BCUT2D eigenvalue weighted by molar-refractivity contribution is -0.137. The summed E-state index contributed by atoms with van der Waals surface area (Å²) in [5.41, 5.74) is 0.375. The first-order chi connectivity index (χ1) is 11.5. The van der Waals surface area contributed by atoms with Gasteiger partial charge in [0.05, 0.1) is 12.1 Å². The number of carboxylic acid groups (broad SMARTS) is 1. The van der Waals surface area contributed by atoms with Gasteiger partial charge in [-0.2, -0.15) is 0 Å². The third-order valence-corrected chi connectivity index (χ3v) is 3.64. The third kappa shape index (κ3) is 4.58. The van der Waals surface area contributed by atoms with Gasteiger partial charge in [-0.1, -0.05) is 38.0 Å². The quantitative estimate of drug-likeness (QED) is 0.687. The fourth-order valence-electron chi connectivity index (χ4n) is 2.43. The number of rotatable bonds is 8. The van der Waals surface area contributed by atoms with E-state index in [1.54, 1.807) is 24.3 Å². The number of aromatic amines is 1. The highest BCUT2D eigenvalue weighted by molar-refractivity contribution is 5.92. The van der Waals surface area contributed by atoms with Gasteiger partial charge in [0.1, 0.15) is 5.69 Å². The predicted molar refractivity (Wildman–Crippen MR) is 89.4 cm³/mol. The van der Waals surface area contributed by atoms with Gasteiger partial charge in [0.2, 0.25) is 0 Å². The summed E-state index contributed by atoms with van der Waals surface area (Å²) in [6, 6.07) is 9.64. The van der Waals surface area contributed by atoms with Gasteiger partial charge in [-0.25, -0.2) is 4.68 Å². The Morgan fingerprint density at radius 2 is 2.00 bits per heavy atom. The predicted octanol–water partition coefficient (Wildman–Crippen LogP) is 1.93. The molecule has 1 aromatic carbocycles. The Morgan fingerprint density at radius 1 is 1.29 bits per heavy atom. The van der Waals surface area contributed by atoms with Crippen molar-refractivity contribution >= 4 is 11.9 Å². The molecule has 1 amide bonds. The first-order valence-corrected chi connectivity index (χ1v) is 7.91. The molecule has 24 heavy (non-hydrogen) atoms. The van der Waals surface area contributed by atoms with Crippen LogP contribution in [0, 0.1) is 0 Å². The van der Waals surface area contributed by atoms with Gasteiger partial charge >= 0.3 is 5.97 Å². The molecule has 7 heteroatoms. The summed E-state index contributed by atoms with van der Waals surface area (Å²) >= 11 is 0. The molecule has 7 nitrogen and oxygen atoms in total. The van der Waals surface area contributed by atoms with Gasteiger partial charge in [0.25, 0.3) is 11.5 Å². The molecule has 0 aliphatic heterocycles. The Hall–Kier alpha value is -2.83. The van der Waals surface area contributed by atoms with E-state index in [0.29, 0.717) is 12.1 Å². The fourth-order valence-corrected chi connectivity index (χ4v) is 2.43. The highest BCUT2D eigenvalue weighted by Gasteiger charge is 2.18. The second-order valence-electron chi connectivity index (χ2n) is 5.59. The van der Waals surface area contributed by atoms with E-state index in [0.717, 1.165) is 12.8 Å². The molecule has 3 N–H and O–H groups in total. The first kappa shape index (κ1) is 17.5. The standard InChI is InChI=1S/C17H21N3O4/c1-2-3-7-12(10-16(22)23)18-17(24)14-11-15(21)20(19-14)13-8-5-4-6-9-13/h4-6,8-9,11-12,19H,2-3,7,10H2,1H3,(H,18,24)(H,22,23). The summed E-state index contributed by atoms with van der Waals surface area (Å²) in [5.74, 6) is -1.45. The molecule has 128 valence electrons. The van der Waals surface area contributed by atoms with E-state index in [1.165, 1.54) is 10.7 Å². The van der Waals surface area contributed by atoms with Crippen LogP contribution in [0.3, 0.4) is 0 Å². The number of carboxylic acids is 1. The number of nitrogens with zero attached hydrogens (tertiary/aromatic N) is 1. The van der Waals surface area contributed by atoms with Crippen LogP contribution < -0.4 is 10.9 Å². The number of hydrogen-bond donors (Lipinski definition) is 3. The number of aliphatic carboxylic acids is 1. The van der Waals surface area contributed by atoms with E-state index in [4.69, 9.17) is 5.11 Å². The average molecular weight is 331 g/mol. The lowest BCUT2D eigenvalue weighted by Gasteiger charge is -2.16. The summed E-state index contributed by atoms with van der Waals surface area (Å²) in [5, 5.41) is 14.4. The lowest BCUT2D eigenvalue weighted by Crippen LogP contribution is -2.36. The number of carbonyl (C=O) groups excluding carboxylic acids is 1. The molecular formula is C17H21N3O4. The molecule has 0 radical (unpaired) electrons. The van der Waals surface area contributed by atoms with Gasteiger partial charge in [-0.3, -0.25) is 19.5 Å². The van der Waals surface area contributed by atoms with E-state index in [2.05, 4.69) is 10.4 Å². The van der Waals surface area contributed by atoms with Crippen LogP contribution in [0.5, 0.6) is 0 Å². The van der Waals surface area contributed by atoms with Gasteiger partial charge in [-0.05, 0) is 18.6 Å². The van der Waals surface area contributed by atoms with Crippen LogP contribution in [-0.4, -0.2) is 32.8 Å². The first-order valence-electron chi connectivity index (χ1n) is 7.91. The maximum absolute atomic E-state index is 12.3. The van der Waals surface area contributed by atoms with Gasteiger partial charge in [0, 0.05) is 12.1 Å². The summed E-state index contributed by atoms with van der Waals surface area (Å²) in [7, 11) is 0. The average Bonchev–Trinajstić information content (AvgIpc) is 2.95. The van der Waals surface area contributed by atoms with Crippen LogP contribution in [0.25, 0.3) is 5.69 Å². The number of nitrogens with one attached hydrogen (secondary N) is 2. The summed E-state index contributed by atoms with van der Waals surface area (Å²) in [6.45, 7) is 2.00. The molecule has 0 spiro atoms. The maximum atomic E-state index is 12.3. The number of H-pyrrole nitrogens is 1. The number of para-hydroxylation sites is 1. The van der Waals surface area contributed by atoms with Crippen LogP contribution in [0.1, 0.15) is 43.1 Å². The van der Waals surface area contributed by atoms with E-state index < -0.39 is 17.9 Å². The zero-order valence-electron chi connectivity index (χ0n) is 13.5. The second kappa shape index (κ2) is 8.14. The van der Waals surface area contributed by atoms with Gasteiger partial charge in [-0.15, -0.1) is 0 Å². The van der Waals surface area contributed by atoms with Crippen molar-refractivity contribution in [2.75, 3.05) is 0 Å². The Kier molecular flexibility index (Phi) is 5.95. The molecule has 0 saturated carbocycles. The van der Waals surface area contributed by atoms with Crippen molar-refractivity contribution in [3.05, 3.63) is 52.4 Å². The van der Waals surface area contributed by atoms with E-state index in [-0.39, 0.29) is 17.7 Å². The molecule has 0 fully saturated rings. The molecular weight excluding hydrogens is 310 g/mol. The Balaban J connectivity index is 2.14. The SMILES string of the molecule is CCCCC(CC(=O)O)NC(=O)c1cc(=O)n(-c2ccccc2)[nH]1. The molecule has 0 aliphatic rings. The summed E-state index contributed by atoms with van der Waals surface area (Å²) < 4.78 is 1.27. The minimum atomic E-state index is -0.966. The van der Waals surface area contributed by atoms with Crippen molar-refractivity contribution in [1.29, 1.82) is 0 Å². The number of carbonyl (C=O) groups is 2. The Labute approximate surface area is 139 Å². The third-order valence-electron chi connectivity index (χ3n) is 3.64. The van der Waals surface area contributed by atoms with Crippen molar-refractivity contribution in [3.8, 4) is 5.69 Å². The monoisotopic (exact) mass is 331 g/mol. The maximum Gasteiger partial charge on any atom is 0.305 e. The van der Waals surface area contributed by atoms with Crippen LogP contribution >= 0.6 is 0 Å². The normalized spacial score (nSPS) is 11.9. The fraction of sp³-hybridized carbons (Fsp3) is 0.353. The molecule has 2 rings (SSSR count). The van der Waals surface area contributed by atoms with Crippen LogP contribution in [0.15, 0.2) is 41.2 Å². The smallest absolute Gasteiger partial charge is 0.305 e. The van der Waals surface area contributed by atoms with Crippen molar-refractivity contribution in [2.24, 2.45) is 0 Å².